The molecule has 0 radical (unpaired) electrons. The molecule has 3 rings (SSSR count). The molecule has 33 heavy (non-hydrogen) atoms. The number of nitrogens with one attached hydrogen (secondary N) is 2. The third kappa shape index (κ3) is 7.52. The van der Waals surface area contributed by atoms with E-state index in [0.29, 0.717) is 25.4 Å². The Balaban J connectivity index is 1.54. The number of benzene rings is 2. The fourth-order valence-corrected chi connectivity index (χ4v) is 3.41. The first-order valence-electron chi connectivity index (χ1n) is 11.2. The van der Waals surface area contributed by atoms with E-state index in [4.69, 9.17) is 9.47 Å². The van der Waals surface area contributed by atoms with Crippen LogP contribution < -0.4 is 15.4 Å². The van der Waals surface area contributed by atoms with Crippen molar-refractivity contribution in [2.75, 3.05) is 31.6 Å². The Hall–Kier alpha value is -3.55. The van der Waals surface area contributed by atoms with Gasteiger partial charge >= 0.3 is 5.97 Å². The molecule has 1 atom stereocenters. The summed E-state index contributed by atoms with van der Waals surface area (Å²) in [6.45, 7) is 5.28. The molecule has 8 heteroatoms. The Labute approximate surface area is 194 Å². The van der Waals surface area contributed by atoms with Crippen molar-refractivity contribution >= 4 is 23.5 Å². The average molecular weight is 454 g/mol. The van der Waals surface area contributed by atoms with Crippen LogP contribution in [0.2, 0.25) is 0 Å². The summed E-state index contributed by atoms with van der Waals surface area (Å²) in [4.78, 5) is 38.8. The minimum atomic E-state index is -0.867. The van der Waals surface area contributed by atoms with Crippen molar-refractivity contribution in [3.8, 4) is 5.75 Å². The summed E-state index contributed by atoms with van der Waals surface area (Å²) in [6.07, 6.45) is -0.160. The second kappa shape index (κ2) is 11.9. The van der Waals surface area contributed by atoms with Crippen molar-refractivity contribution in [1.82, 2.24) is 10.2 Å². The highest BCUT2D eigenvalue weighted by Crippen LogP contribution is 2.19. The molecule has 8 nitrogen and oxygen atoms in total. The molecule has 0 bridgehead atoms. The smallest absolute Gasteiger partial charge is 0.308 e. The molecule has 176 valence electrons. The van der Waals surface area contributed by atoms with Gasteiger partial charge in [0.25, 0.3) is 0 Å². The molecule has 1 saturated heterocycles. The highest BCUT2D eigenvalue weighted by atomic mass is 16.5. The zero-order valence-corrected chi connectivity index (χ0v) is 19.1. The average Bonchev–Trinajstić information content (AvgIpc) is 2.82. The molecule has 2 aromatic carbocycles. The van der Waals surface area contributed by atoms with Gasteiger partial charge in [0.05, 0.1) is 19.6 Å². The predicted octanol–water partition coefficient (Wildman–Crippen LogP) is 2.59. The molecule has 1 aliphatic heterocycles. The Kier molecular flexibility index (Phi) is 8.69. The first-order chi connectivity index (χ1) is 15.9. The van der Waals surface area contributed by atoms with E-state index < -0.39 is 12.0 Å². The molecule has 0 aliphatic carbocycles. The van der Waals surface area contributed by atoms with Crippen LogP contribution in [0.4, 0.5) is 5.69 Å². The van der Waals surface area contributed by atoms with Crippen molar-refractivity contribution in [3.05, 3.63) is 60.2 Å². The van der Waals surface area contributed by atoms with Gasteiger partial charge in [0, 0.05) is 24.8 Å². The molecule has 0 spiro atoms. The number of amides is 2. The van der Waals surface area contributed by atoms with Crippen molar-refractivity contribution in [3.63, 3.8) is 0 Å². The molecule has 2 aromatic rings. The Morgan fingerprint density at radius 3 is 2.70 bits per heavy atom. The van der Waals surface area contributed by atoms with Gasteiger partial charge in [-0.15, -0.1) is 0 Å². The Bertz CT molecular complexity index is 948. The Morgan fingerprint density at radius 2 is 1.94 bits per heavy atom. The molecule has 2 amide bonds. The standard InChI is InChI=1S/C25H31N3O5/c1-18(2)16-33-24(30)14-22-25(31)26-11-12-28(22)23(29)15-27-20-9-6-10-21(13-20)32-17-19-7-4-3-5-8-19/h3-10,13,18,22,27H,11-12,14-17H2,1-2H3,(H,26,31). The Morgan fingerprint density at radius 1 is 1.15 bits per heavy atom. The third-order valence-corrected chi connectivity index (χ3v) is 5.11. The van der Waals surface area contributed by atoms with Gasteiger partial charge in [-0.05, 0) is 23.6 Å². The molecule has 2 N–H and O–H groups in total. The van der Waals surface area contributed by atoms with Crippen LogP contribution in [0.1, 0.15) is 25.8 Å². The maximum atomic E-state index is 12.9. The normalized spacial score (nSPS) is 15.7. The summed E-state index contributed by atoms with van der Waals surface area (Å²) >= 11 is 0. The van der Waals surface area contributed by atoms with Crippen LogP contribution in [0.3, 0.4) is 0 Å². The number of anilines is 1. The topological polar surface area (TPSA) is 97.0 Å². The van der Waals surface area contributed by atoms with Crippen LogP contribution >= 0.6 is 0 Å². The summed E-state index contributed by atoms with van der Waals surface area (Å²) in [5, 5.41) is 5.81. The fraction of sp³-hybridized carbons (Fsp3) is 0.400. The molecular weight excluding hydrogens is 422 g/mol. The molecule has 1 aliphatic rings. The molecule has 1 heterocycles. The summed E-state index contributed by atoms with van der Waals surface area (Å²) in [7, 11) is 0. The van der Waals surface area contributed by atoms with Crippen molar-refractivity contribution in [1.29, 1.82) is 0 Å². The highest BCUT2D eigenvalue weighted by Gasteiger charge is 2.35. The van der Waals surface area contributed by atoms with Gasteiger partial charge in [-0.2, -0.15) is 0 Å². The fourth-order valence-electron chi connectivity index (χ4n) is 3.41. The SMILES string of the molecule is CC(C)COC(=O)CC1C(=O)NCCN1C(=O)CNc1cccc(OCc2ccccc2)c1. The lowest BCUT2D eigenvalue weighted by atomic mass is 10.1. The molecule has 1 unspecified atom stereocenters. The largest absolute Gasteiger partial charge is 0.489 e. The monoisotopic (exact) mass is 453 g/mol. The minimum absolute atomic E-state index is 0.00698. The number of piperazine rings is 1. The van der Waals surface area contributed by atoms with Gasteiger partial charge < -0.3 is 25.0 Å². The predicted molar refractivity (Wildman–Crippen MR) is 125 cm³/mol. The molecular formula is C25H31N3O5. The quantitative estimate of drug-likeness (QED) is 0.537. The molecule has 0 saturated carbocycles. The van der Waals surface area contributed by atoms with E-state index in [1.807, 2.05) is 68.4 Å². The van der Waals surface area contributed by atoms with Crippen molar-refractivity contribution in [2.45, 2.75) is 32.9 Å². The van der Waals surface area contributed by atoms with Crippen LogP contribution in [0, 0.1) is 5.92 Å². The summed E-state index contributed by atoms with van der Waals surface area (Å²) in [5.41, 5.74) is 1.79. The number of rotatable bonds is 10. The lowest BCUT2D eigenvalue weighted by Crippen LogP contribution is -2.58. The van der Waals surface area contributed by atoms with E-state index in [0.717, 1.165) is 11.3 Å². The first kappa shape index (κ1) is 24.1. The highest BCUT2D eigenvalue weighted by molar-refractivity contribution is 5.93. The van der Waals surface area contributed by atoms with Gasteiger partial charge in [-0.3, -0.25) is 14.4 Å². The molecule has 0 aromatic heterocycles. The van der Waals surface area contributed by atoms with Crippen LogP contribution in [0.5, 0.6) is 5.75 Å². The van der Waals surface area contributed by atoms with E-state index >= 15 is 0 Å². The maximum absolute atomic E-state index is 12.9. The second-order valence-corrected chi connectivity index (χ2v) is 8.33. The van der Waals surface area contributed by atoms with Gasteiger partial charge in [0.2, 0.25) is 11.8 Å². The number of hydrogen-bond donors (Lipinski definition) is 2. The number of ether oxygens (including phenoxy) is 2. The summed E-state index contributed by atoms with van der Waals surface area (Å²) in [6, 6.07) is 16.3. The lowest BCUT2D eigenvalue weighted by molar-refractivity contribution is -0.152. The van der Waals surface area contributed by atoms with Gasteiger partial charge in [-0.25, -0.2) is 0 Å². The summed E-state index contributed by atoms with van der Waals surface area (Å²) < 4.78 is 11.0. The van der Waals surface area contributed by atoms with Crippen LogP contribution in [-0.4, -0.2) is 55.0 Å². The van der Waals surface area contributed by atoms with Gasteiger partial charge in [0.1, 0.15) is 18.4 Å². The zero-order chi connectivity index (χ0) is 23.6. The van der Waals surface area contributed by atoms with Gasteiger partial charge in [-0.1, -0.05) is 50.2 Å². The van der Waals surface area contributed by atoms with Crippen LogP contribution in [0.25, 0.3) is 0 Å². The van der Waals surface area contributed by atoms with Crippen LogP contribution in [0.15, 0.2) is 54.6 Å². The van der Waals surface area contributed by atoms with Gasteiger partial charge in [0.15, 0.2) is 0 Å². The van der Waals surface area contributed by atoms with Crippen LogP contribution in [-0.2, 0) is 25.7 Å². The van der Waals surface area contributed by atoms with E-state index in [1.54, 1.807) is 0 Å². The van der Waals surface area contributed by atoms with E-state index in [1.165, 1.54) is 4.90 Å². The maximum Gasteiger partial charge on any atom is 0.308 e. The number of nitrogens with zero attached hydrogens (tertiary/aromatic N) is 1. The summed E-state index contributed by atoms with van der Waals surface area (Å²) in [5.74, 6) is -0.211. The van der Waals surface area contributed by atoms with E-state index in [-0.39, 0.29) is 37.3 Å². The van der Waals surface area contributed by atoms with Crippen molar-refractivity contribution < 1.29 is 23.9 Å². The van der Waals surface area contributed by atoms with E-state index in [9.17, 15) is 14.4 Å². The first-order valence-corrected chi connectivity index (χ1v) is 11.2. The molecule has 1 fully saturated rings. The third-order valence-electron chi connectivity index (χ3n) is 5.11. The van der Waals surface area contributed by atoms with E-state index in [2.05, 4.69) is 10.6 Å². The van der Waals surface area contributed by atoms with Crippen molar-refractivity contribution in [2.24, 2.45) is 5.92 Å². The lowest BCUT2D eigenvalue weighted by Gasteiger charge is -2.34. The number of carbonyl (C=O) groups is 3. The number of hydrogen-bond acceptors (Lipinski definition) is 6. The number of carbonyl (C=O) groups excluding carboxylic acids is 3. The second-order valence-electron chi connectivity index (χ2n) is 8.33. The number of esters is 1. The zero-order valence-electron chi connectivity index (χ0n) is 19.1. The minimum Gasteiger partial charge on any atom is -0.489 e.